The molecular formula is C11H14O2. The van der Waals surface area contributed by atoms with Crippen LogP contribution >= 0.6 is 0 Å². The van der Waals surface area contributed by atoms with Gasteiger partial charge in [-0.1, -0.05) is 32.0 Å². The third-order valence-corrected chi connectivity index (χ3v) is 2.43. The molecule has 0 amide bonds. The molecule has 0 spiro atoms. The van der Waals surface area contributed by atoms with Crippen LogP contribution in [-0.2, 0) is 4.79 Å². The number of rotatable bonds is 3. The number of phenolic OH excluding ortho intramolecular Hbond substituents is 1. The van der Waals surface area contributed by atoms with Gasteiger partial charge in [-0.3, -0.25) is 0 Å². The van der Waals surface area contributed by atoms with Crippen LogP contribution in [0.15, 0.2) is 24.3 Å². The molecule has 2 heteroatoms. The summed E-state index contributed by atoms with van der Waals surface area (Å²) in [6.45, 7) is 3.79. The van der Waals surface area contributed by atoms with Crippen LogP contribution < -0.4 is 0 Å². The van der Waals surface area contributed by atoms with Crippen molar-refractivity contribution in [3.8, 4) is 5.75 Å². The summed E-state index contributed by atoms with van der Waals surface area (Å²) >= 11 is 0. The van der Waals surface area contributed by atoms with Crippen LogP contribution in [0.2, 0.25) is 0 Å². The van der Waals surface area contributed by atoms with E-state index in [2.05, 4.69) is 0 Å². The molecule has 0 radical (unpaired) electrons. The van der Waals surface area contributed by atoms with Crippen molar-refractivity contribution < 1.29 is 9.90 Å². The second-order valence-electron chi connectivity index (χ2n) is 3.34. The Morgan fingerprint density at radius 3 is 2.46 bits per heavy atom. The molecule has 2 nitrogen and oxygen atoms in total. The summed E-state index contributed by atoms with van der Waals surface area (Å²) in [5.74, 6) is 0.274. The number of para-hydroxylation sites is 1. The molecule has 0 fully saturated rings. The third-order valence-electron chi connectivity index (χ3n) is 2.43. The molecule has 1 N–H and O–H groups in total. The van der Waals surface area contributed by atoms with Crippen LogP contribution in [0, 0.1) is 5.92 Å². The maximum atomic E-state index is 10.5. The summed E-state index contributed by atoms with van der Waals surface area (Å²) in [4.78, 5) is 10.5. The van der Waals surface area contributed by atoms with Gasteiger partial charge in [0.15, 0.2) is 0 Å². The van der Waals surface area contributed by atoms with Gasteiger partial charge in [0.2, 0.25) is 0 Å². The summed E-state index contributed by atoms with van der Waals surface area (Å²) in [5.41, 5.74) is 0.835. The van der Waals surface area contributed by atoms with E-state index in [0.29, 0.717) is 0 Å². The highest BCUT2D eigenvalue weighted by molar-refractivity contribution is 5.56. The topological polar surface area (TPSA) is 37.3 Å². The van der Waals surface area contributed by atoms with Gasteiger partial charge in [-0.2, -0.15) is 0 Å². The molecule has 0 saturated heterocycles. The third kappa shape index (κ3) is 2.08. The Morgan fingerprint density at radius 2 is 1.92 bits per heavy atom. The molecule has 0 heterocycles. The molecule has 0 aliphatic heterocycles. The highest BCUT2D eigenvalue weighted by atomic mass is 16.3. The van der Waals surface area contributed by atoms with Crippen LogP contribution in [-0.4, -0.2) is 11.4 Å². The number of aromatic hydroxyl groups is 1. The Bertz CT molecular complexity index is 294. The van der Waals surface area contributed by atoms with E-state index in [1.165, 1.54) is 0 Å². The molecule has 2 atom stereocenters. The molecule has 2 unspecified atom stereocenters. The average molecular weight is 178 g/mol. The van der Waals surface area contributed by atoms with Gasteiger partial charge in [-0.15, -0.1) is 0 Å². The zero-order valence-corrected chi connectivity index (χ0v) is 7.90. The van der Waals surface area contributed by atoms with Crippen molar-refractivity contribution in [1.82, 2.24) is 0 Å². The summed E-state index contributed by atoms with van der Waals surface area (Å²) in [6.07, 6.45) is 0.914. The number of benzene rings is 1. The number of carbonyl (C=O) groups is 1. The minimum Gasteiger partial charge on any atom is -0.508 e. The van der Waals surface area contributed by atoms with Crippen molar-refractivity contribution in [2.24, 2.45) is 5.92 Å². The van der Waals surface area contributed by atoms with Gasteiger partial charge >= 0.3 is 0 Å². The zero-order valence-electron chi connectivity index (χ0n) is 7.90. The summed E-state index contributed by atoms with van der Waals surface area (Å²) in [5, 5.41) is 9.51. The first-order valence-electron chi connectivity index (χ1n) is 4.40. The van der Waals surface area contributed by atoms with E-state index in [0.717, 1.165) is 11.8 Å². The molecule has 1 aromatic carbocycles. The van der Waals surface area contributed by atoms with Crippen molar-refractivity contribution in [2.45, 2.75) is 19.8 Å². The maximum Gasteiger partial charge on any atom is 0.123 e. The Labute approximate surface area is 78.2 Å². The van der Waals surface area contributed by atoms with E-state index >= 15 is 0 Å². The van der Waals surface area contributed by atoms with Gasteiger partial charge in [0.1, 0.15) is 12.0 Å². The van der Waals surface area contributed by atoms with Gasteiger partial charge in [-0.05, 0) is 17.5 Å². The predicted octanol–water partition coefficient (Wildman–Crippen LogP) is 2.33. The van der Waals surface area contributed by atoms with E-state index < -0.39 is 0 Å². The van der Waals surface area contributed by atoms with Gasteiger partial charge in [0.25, 0.3) is 0 Å². The number of carbonyl (C=O) groups excluding carboxylic acids is 1. The number of hydrogen-bond donors (Lipinski definition) is 1. The lowest BCUT2D eigenvalue weighted by atomic mass is 9.89. The van der Waals surface area contributed by atoms with Crippen LogP contribution in [0.5, 0.6) is 5.75 Å². The van der Waals surface area contributed by atoms with E-state index in [9.17, 15) is 9.90 Å². The minimum atomic E-state index is -0.0618. The first kappa shape index (κ1) is 9.78. The molecular weight excluding hydrogens is 164 g/mol. The Balaban J connectivity index is 2.94. The van der Waals surface area contributed by atoms with Crippen molar-refractivity contribution in [3.63, 3.8) is 0 Å². The number of aldehydes is 1. The predicted molar refractivity (Wildman–Crippen MR) is 51.7 cm³/mol. The first-order valence-corrected chi connectivity index (χ1v) is 4.40. The summed E-state index contributed by atoms with van der Waals surface area (Å²) < 4.78 is 0. The van der Waals surface area contributed by atoms with Crippen molar-refractivity contribution in [2.75, 3.05) is 0 Å². The molecule has 0 aromatic heterocycles. The van der Waals surface area contributed by atoms with E-state index in [-0.39, 0.29) is 17.6 Å². The average Bonchev–Trinajstić information content (AvgIpc) is 2.16. The standard InChI is InChI=1S/C11H14O2/c1-8(7-12)9(2)10-5-3-4-6-11(10)13/h3-9,13H,1-2H3. The normalized spacial score (nSPS) is 14.9. The van der Waals surface area contributed by atoms with Gasteiger partial charge in [-0.25, -0.2) is 0 Å². The fourth-order valence-electron chi connectivity index (χ4n) is 1.27. The van der Waals surface area contributed by atoms with Gasteiger partial charge in [0.05, 0.1) is 0 Å². The molecule has 0 saturated carbocycles. The Morgan fingerprint density at radius 1 is 1.31 bits per heavy atom. The first-order chi connectivity index (χ1) is 6.16. The van der Waals surface area contributed by atoms with Crippen molar-refractivity contribution in [1.29, 1.82) is 0 Å². The quantitative estimate of drug-likeness (QED) is 0.721. The van der Waals surface area contributed by atoms with E-state index in [1.807, 2.05) is 26.0 Å². The van der Waals surface area contributed by atoms with Crippen LogP contribution in [0.4, 0.5) is 0 Å². The lowest BCUT2D eigenvalue weighted by Gasteiger charge is -2.15. The summed E-state index contributed by atoms with van der Waals surface area (Å²) in [7, 11) is 0. The zero-order chi connectivity index (χ0) is 9.84. The monoisotopic (exact) mass is 178 g/mol. The van der Waals surface area contributed by atoms with E-state index in [4.69, 9.17) is 0 Å². The smallest absolute Gasteiger partial charge is 0.123 e. The molecule has 70 valence electrons. The van der Waals surface area contributed by atoms with Crippen LogP contribution in [0.3, 0.4) is 0 Å². The van der Waals surface area contributed by atoms with Crippen molar-refractivity contribution in [3.05, 3.63) is 29.8 Å². The fraction of sp³-hybridized carbons (Fsp3) is 0.364. The largest absolute Gasteiger partial charge is 0.508 e. The fourth-order valence-corrected chi connectivity index (χ4v) is 1.27. The lowest BCUT2D eigenvalue weighted by molar-refractivity contribution is -0.111. The highest BCUT2D eigenvalue weighted by Gasteiger charge is 2.15. The summed E-state index contributed by atoms with van der Waals surface area (Å²) in [6, 6.07) is 7.13. The molecule has 1 rings (SSSR count). The Kier molecular flexibility index (Phi) is 3.07. The minimum absolute atomic E-state index is 0.0618. The van der Waals surface area contributed by atoms with Gasteiger partial charge < -0.3 is 9.90 Å². The molecule has 1 aromatic rings. The van der Waals surface area contributed by atoms with Crippen molar-refractivity contribution >= 4 is 6.29 Å². The number of phenols is 1. The number of hydrogen-bond acceptors (Lipinski definition) is 2. The highest BCUT2D eigenvalue weighted by Crippen LogP contribution is 2.29. The van der Waals surface area contributed by atoms with Crippen LogP contribution in [0.1, 0.15) is 25.3 Å². The van der Waals surface area contributed by atoms with E-state index in [1.54, 1.807) is 12.1 Å². The molecule has 13 heavy (non-hydrogen) atoms. The molecule has 0 aliphatic carbocycles. The SMILES string of the molecule is CC(C=O)C(C)c1ccccc1O. The second kappa shape index (κ2) is 4.08. The molecule has 0 bridgehead atoms. The molecule has 0 aliphatic rings. The lowest BCUT2D eigenvalue weighted by Crippen LogP contribution is -2.07. The van der Waals surface area contributed by atoms with Gasteiger partial charge in [0, 0.05) is 5.92 Å². The second-order valence-corrected chi connectivity index (χ2v) is 3.34. The van der Waals surface area contributed by atoms with Crippen LogP contribution in [0.25, 0.3) is 0 Å². The Hall–Kier alpha value is -1.31. The maximum absolute atomic E-state index is 10.5.